The fourth-order valence-electron chi connectivity index (χ4n) is 1.58. The van der Waals surface area contributed by atoms with Crippen LogP contribution in [0.15, 0.2) is 31.0 Å². The Labute approximate surface area is 113 Å². The topological polar surface area (TPSA) is 118 Å². The maximum atomic E-state index is 5.70. The monoisotopic (exact) mass is 270 g/mol. The molecule has 0 aliphatic carbocycles. The first-order valence-electron chi connectivity index (χ1n) is 5.63. The lowest BCUT2D eigenvalue weighted by molar-refractivity contribution is 0.398. The summed E-state index contributed by atoms with van der Waals surface area (Å²) in [5.41, 5.74) is 6.42. The molecule has 3 heterocycles. The van der Waals surface area contributed by atoms with Crippen molar-refractivity contribution in [3.8, 4) is 23.2 Å². The van der Waals surface area contributed by atoms with E-state index in [1.807, 2.05) is 0 Å². The Hall–Kier alpha value is -3.10. The summed E-state index contributed by atoms with van der Waals surface area (Å²) < 4.78 is 6.47. The molecule has 0 atom stereocenters. The number of hydrogen-bond donors (Lipinski definition) is 1. The lowest BCUT2D eigenvalue weighted by Gasteiger charge is -2.05. The van der Waals surface area contributed by atoms with Crippen LogP contribution in [0, 0.1) is 0 Å². The molecule has 3 rings (SSSR count). The molecule has 0 amide bonds. The van der Waals surface area contributed by atoms with Crippen molar-refractivity contribution in [1.29, 1.82) is 0 Å². The van der Waals surface area contributed by atoms with Crippen molar-refractivity contribution in [2.45, 2.75) is 0 Å². The van der Waals surface area contributed by atoms with Crippen LogP contribution in [-0.2, 0) is 0 Å². The van der Waals surface area contributed by atoms with Gasteiger partial charge in [0, 0.05) is 17.8 Å². The highest BCUT2D eigenvalue weighted by Crippen LogP contribution is 2.19. The normalized spacial score (nSPS) is 10.4. The summed E-state index contributed by atoms with van der Waals surface area (Å²) in [6.07, 6.45) is 4.46. The summed E-state index contributed by atoms with van der Waals surface area (Å²) >= 11 is 0. The summed E-state index contributed by atoms with van der Waals surface area (Å²) in [6.45, 7) is 0. The number of nitrogens with two attached hydrogens (primary N) is 1. The van der Waals surface area contributed by atoms with Gasteiger partial charge in [-0.15, -0.1) is 0 Å². The van der Waals surface area contributed by atoms with E-state index in [4.69, 9.17) is 10.5 Å². The van der Waals surface area contributed by atoms with E-state index in [9.17, 15) is 0 Å². The van der Waals surface area contributed by atoms with Crippen LogP contribution in [0.3, 0.4) is 0 Å². The van der Waals surface area contributed by atoms with Gasteiger partial charge in [0.1, 0.15) is 12.7 Å². The lowest BCUT2D eigenvalue weighted by Crippen LogP contribution is -2.08. The van der Waals surface area contributed by atoms with Gasteiger partial charge in [-0.25, -0.2) is 9.97 Å². The zero-order chi connectivity index (χ0) is 13.9. The molecule has 0 unspecified atom stereocenters. The molecule has 0 fully saturated rings. The van der Waals surface area contributed by atoms with Crippen LogP contribution < -0.4 is 10.5 Å². The first-order valence-corrected chi connectivity index (χ1v) is 5.63. The van der Waals surface area contributed by atoms with Gasteiger partial charge in [0.15, 0.2) is 5.82 Å². The molecule has 3 aromatic heterocycles. The summed E-state index contributed by atoms with van der Waals surface area (Å²) in [6, 6.07) is 3.46. The van der Waals surface area contributed by atoms with Gasteiger partial charge in [0.2, 0.25) is 11.8 Å². The third kappa shape index (κ3) is 2.23. The van der Waals surface area contributed by atoms with Crippen LogP contribution in [0.5, 0.6) is 5.88 Å². The number of nitrogens with zero attached hydrogens (tertiary/aromatic N) is 7. The Morgan fingerprint density at radius 1 is 1.25 bits per heavy atom. The van der Waals surface area contributed by atoms with Crippen molar-refractivity contribution in [2.24, 2.45) is 0 Å². The van der Waals surface area contributed by atoms with Crippen molar-refractivity contribution in [3.05, 3.63) is 31.0 Å². The molecule has 0 radical (unpaired) electrons. The van der Waals surface area contributed by atoms with Crippen LogP contribution in [0.1, 0.15) is 0 Å². The highest BCUT2D eigenvalue weighted by atomic mass is 16.5. The number of methoxy groups -OCH3 is 1. The molecule has 0 aliphatic rings. The molecular formula is C11H10N8O. The summed E-state index contributed by atoms with van der Waals surface area (Å²) in [4.78, 5) is 20.3. The minimum absolute atomic E-state index is 0.0938. The van der Waals surface area contributed by atoms with Crippen molar-refractivity contribution < 1.29 is 4.74 Å². The molecule has 0 saturated heterocycles. The minimum Gasteiger partial charge on any atom is -0.481 e. The van der Waals surface area contributed by atoms with Crippen LogP contribution >= 0.6 is 0 Å². The molecule has 0 aromatic carbocycles. The number of pyridine rings is 1. The smallest absolute Gasteiger partial charge is 0.257 e. The molecule has 0 bridgehead atoms. The zero-order valence-corrected chi connectivity index (χ0v) is 10.5. The second kappa shape index (κ2) is 4.88. The summed E-state index contributed by atoms with van der Waals surface area (Å²) in [5, 5.41) is 3.96. The number of hydrogen-bond acceptors (Lipinski definition) is 8. The average Bonchev–Trinajstić information content (AvgIpc) is 3.01. The highest BCUT2D eigenvalue weighted by molar-refractivity contribution is 5.57. The van der Waals surface area contributed by atoms with E-state index in [-0.39, 0.29) is 5.95 Å². The van der Waals surface area contributed by atoms with Gasteiger partial charge in [-0.1, -0.05) is 0 Å². The Morgan fingerprint density at radius 3 is 2.90 bits per heavy atom. The largest absolute Gasteiger partial charge is 0.481 e. The molecule has 3 aromatic rings. The number of anilines is 1. The van der Waals surface area contributed by atoms with Gasteiger partial charge in [-0.05, 0) is 6.07 Å². The Balaban J connectivity index is 2.09. The second-order valence-corrected chi connectivity index (χ2v) is 3.74. The van der Waals surface area contributed by atoms with Gasteiger partial charge < -0.3 is 10.5 Å². The van der Waals surface area contributed by atoms with Gasteiger partial charge in [0.25, 0.3) is 5.95 Å². The van der Waals surface area contributed by atoms with Crippen molar-refractivity contribution in [1.82, 2.24) is 34.7 Å². The van der Waals surface area contributed by atoms with Crippen molar-refractivity contribution >= 4 is 5.95 Å². The van der Waals surface area contributed by atoms with Crippen LogP contribution in [0.4, 0.5) is 5.95 Å². The third-order valence-electron chi connectivity index (χ3n) is 2.47. The van der Waals surface area contributed by atoms with Crippen molar-refractivity contribution in [3.63, 3.8) is 0 Å². The standard InChI is InChI=1S/C11H10N8O/c1-20-8-4-7(2-3-14-8)9-16-10(12)18-11(17-9)19-6-13-5-15-19/h2-6H,1H3,(H2,12,16,17,18). The van der Waals surface area contributed by atoms with E-state index < -0.39 is 0 Å². The minimum atomic E-state index is 0.0938. The van der Waals surface area contributed by atoms with E-state index in [2.05, 4.69) is 30.0 Å². The maximum Gasteiger partial charge on any atom is 0.257 e. The first kappa shape index (κ1) is 12.0. The second-order valence-electron chi connectivity index (χ2n) is 3.74. The van der Waals surface area contributed by atoms with E-state index in [0.717, 1.165) is 0 Å². The number of nitrogen functional groups attached to an aromatic ring is 1. The number of ether oxygens (including phenoxy) is 1. The van der Waals surface area contributed by atoms with E-state index in [1.54, 1.807) is 18.3 Å². The predicted molar refractivity (Wildman–Crippen MR) is 68.9 cm³/mol. The predicted octanol–water partition coefficient (Wildman–Crippen LogP) is 0.105. The van der Waals surface area contributed by atoms with E-state index in [1.165, 1.54) is 24.4 Å². The van der Waals surface area contributed by atoms with Gasteiger partial charge in [-0.2, -0.15) is 24.7 Å². The summed E-state index contributed by atoms with van der Waals surface area (Å²) in [5.74, 6) is 1.25. The maximum absolute atomic E-state index is 5.70. The Kier molecular flexibility index (Phi) is 2.92. The number of aromatic nitrogens is 7. The van der Waals surface area contributed by atoms with Gasteiger partial charge in [0.05, 0.1) is 7.11 Å². The number of rotatable bonds is 3. The van der Waals surface area contributed by atoms with E-state index in [0.29, 0.717) is 23.2 Å². The lowest BCUT2D eigenvalue weighted by atomic mass is 10.2. The van der Waals surface area contributed by atoms with Crippen molar-refractivity contribution in [2.75, 3.05) is 12.8 Å². The molecule has 0 spiro atoms. The molecular weight excluding hydrogens is 260 g/mol. The first-order chi connectivity index (χ1) is 9.76. The average molecular weight is 270 g/mol. The quantitative estimate of drug-likeness (QED) is 0.712. The van der Waals surface area contributed by atoms with Gasteiger partial charge in [-0.3, -0.25) is 0 Å². The molecule has 9 heteroatoms. The fraction of sp³-hybridized carbons (Fsp3) is 0.0909. The van der Waals surface area contributed by atoms with Crippen LogP contribution in [0.2, 0.25) is 0 Å². The van der Waals surface area contributed by atoms with E-state index >= 15 is 0 Å². The Morgan fingerprint density at radius 2 is 2.15 bits per heavy atom. The molecule has 0 saturated carbocycles. The van der Waals surface area contributed by atoms with Crippen LogP contribution in [-0.4, -0.2) is 41.8 Å². The van der Waals surface area contributed by atoms with Crippen LogP contribution in [0.25, 0.3) is 17.3 Å². The highest BCUT2D eigenvalue weighted by Gasteiger charge is 2.10. The summed E-state index contributed by atoms with van der Waals surface area (Å²) in [7, 11) is 1.54. The fourth-order valence-corrected chi connectivity index (χ4v) is 1.58. The molecule has 9 nitrogen and oxygen atoms in total. The SMILES string of the molecule is COc1cc(-c2nc(N)nc(-n3cncn3)n2)ccn1. The molecule has 100 valence electrons. The molecule has 0 aliphatic heterocycles. The Bertz CT molecular complexity index is 727. The third-order valence-corrected chi connectivity index (χ3v) is 2.47. The zero-order valence-electron chi connectivity index (χ0n) is 10.5. The molecule has 2 N–H and O–H groups in total. The molecule has 20 heavy (non-hydrogen) atoms. The van der Waals surface area contributed by atoms with Gasteiger partial charge >= 0.3 is 0 Å².